The van der Waals surface area contributed by atoms with Crippen molar-refractivity contribution in [2.24, 2.45) is 12.8 Å². The third kappa shape index (κ3) is 3.47. The van der Waals surface area contributed by atoms with Crippen LogP contribution < -0.4 is 10.6 Å². The number of hydrogen-bond acceptors (Lipinski definition) is 3. The third-order valence-electron chi connectivity index (χ3n) is 3.46. The van der Waals surface area contributed by atoms with Crippen LogP contribution in [0.25, 0.3) is 11.0 Å². The van der Waals surface area contributed by atoms with Gasteiger partial charge in [-0.15, -0.1) is 0 Å². The van der Waals surface area contributed by atoms with Gasteiger partial charge in [-0.3, -0.25) is 0 Å². The zero-order valence-corrected chi connectivity index (χ0v) is 12.3. The van der Waals surface area contributed by atoms with E-state index in [1.807, 2.05) is 17.9 Å². The highest BCUT2D eigenvalue weighted by molar-refractivity contribution is 5.79. The minimum Gasteiger partial charge on any atom is -0.375 e. The smallest absolute Gasteiger partial charge is 0.0955 e. The molecule has 0 bridgehead atoms. The summed E-state index contributed by atoms with van der Waals surface area (Å²) in [6.07, 6.45) is 3.98. The number of benzene rings is 1. The summed E-state index contributed by atoms with van der Waals surface area (Å²) in [5, 5.41) is 0. The maximum Gasteiger partial charge on any atom is 0.0955 e. The van der Waals surface area contributed by atoms with Crippen molar-refractivity contribution in [2.75, 3.05) is 18.5 Å². The van der Waals surface area contributed by atoms with Crippen molar-refractivity contribution in [1.29, 1.82) is 0 Å². The molecule has 1 heterocycles. The van der Waals surface area contributed by atoms with Gasteiger partial charge in [0, 0.05) is 31.9 Å². The highest BCUT2D eigenvalue weighted by Gasteiger charge is 2.11. The van der Waals surface area contributed by atoms with Gasteiger partial charge in [-0.2, -0.15) is 0 Å². The fourth-order valence-electron chi connectivity index (χ4n) is 2.26. The molecule has 0 amide bonds. The lowest BCUT2D eigenvalue weighted by Gasteiger charge is -2.23. The fourth-order valence-corrected chi connectivity index (χ4v) is 2.26. The van der Waals surface area contributed by atoms with Gasteiger partial charge in [0.1, 0.15) is 0 Å². The molecular formula is C15H24N4. The van der Waals surface area contributed by atoms with Crippen molar-refractivity contribution >= 4 is 16.7 Å². The summed E-state index contributed by atoms with van der Waals surface area (Å²) in [4.78, 5) is 6.66. The molecule has 0 radical (unpaired) electrons. The second kappa shape index (κ2) is 5.21. The quantitative estimate of drug-likeness (QED) is 0.898. The lowest BCUT2D eigenvalue weighted by atomic mass is 10.00. The summed E-state index contributed by atoms with van der Waals surface area (Å²) in [5.41, 5.74) is 9.35. The van der Waals surface area contributed by atoms with E-state index in [1.54, 1.807) is 0 Å². The molecule has 0 atom stereocenters. The van der Waals surface area contributed by atoms with Gasteiger partial charge in [0.25, 0.3) is 0 Å². The maximum atomic E-state index is 6.01. The van der Waals surface area contributed by atoms with Crippen molar-refractivity contribution in [3.63, 3.8) is 0 Å². The van der Waals surface area contributed by atoms with Crippen molar-refractivity contribution in [3.05, 3.63) is 24.5 Å². The second-order valence-electron chi connectivity index (χ2n) is 6.04. The van der Waals surface area contributed by atoms with E-state index >= 15 is 0 Å². The van der Waals surface area contributed by atoms with Crippen LogP contribution in [0, 0.1) is 0 Å². The molecule has 0 aliphatic heterocycles. The molecular weight excluding hydrogens is 236 g/mol. The average Bonchev–Trinajstić information content (AvgIpc) is 2.69. The molecule has 104 valence electrons. The van der Waals surface area contributed by atoms with Gasteiger partial charge in [0.2, 0.25) is 0 Å². The van der Waals surface area contributed by atoms with Crippen LogP contribution in [0.5, 0.6) is 0 Å². The van der Waals surface area contributed by atoms with Crippen molar-refractivity contribution in [2.45, 2.75) is 32.2 Å². The Balaban J connectivity index is 2.03. The predicted octanol–water partition coefficient (Wildman–Crippen LogP) is 2.53. The summed E-state index contributed by atoms with van der Waals surface area (Å²) in [5.74, 6) is 0. The first-order valence-corrected chi connectivity index (χ1v) is 6.78. The van der Waals surface area contributed by atoms with Gasteiger partial charge in [0.15, 0.2) is 0 Å². The maximum absolute atomic E-state index is 6.01. The number of rotatable bonds is 5. The summed E-state index contributed by atoms with van der Waals surface area (Å²) in [6.45, 7) is 5.17. The summed E-state index contributed by atoms with van der Waals surface area (Å²) >= 11 is 0. The number of nitrogens with two attached hydrogens (primary N) is 1. The summed E-state index contributed by atoms with van der Waals surface area (Å²) < 4.78 is 2.04. The molecule has 1 aromatic carbocycles. The Labute approximate surface area is 115 Å². The third-order valence-corrected chi connectivity index (χ3v) is 3.46. The lowest BCUT2D eigenvalue weighted by molar-refractivity contribution is 0.460. The van der Waals surface area contributed by atoms with Crippen LogP contribution in [-0.2, 0) is 7.05 Å². The van der Waals surface area contributed by atoms with E-state index in [2.05, 4.69) is 49.0 Å². The summed E-state index contributed by atoms with van der Waals surface area (Å²) in [7, 11) is 4.13. The number of hydrogen-bond donors (Lipinski definition) is 1. The molecule has 4 heteroatoms. The van der Waals surface area contributed by atoms with Crippen molar-refractivity contribution in [1.82, 2.24) is 9.55 Å². The van der Waals surface area contributed by atoms with Crippen LogP contribution in [0.1, 0.15) is 26.7 Å². The standard InChI is InChI=1S/C15H24N4/c1-15(2,16)8-5-9-18(3)12-6-7-14-13(10-12)17-11-19(14)4/h6-7,10-11H,5,8-9,16H2,1-4H3. The Kier molecular flexibility index (Phi) is 3.80. The number of imidazole rings is 1. The monoisotopic (exact) mass is 260 g/mol. The Morgan fingerprint density at radius 2 is 2.11 bits per heavy atom. The molecule has 0 aliphatic carbocycles. The van der Waals surface area contributed by atoms with Gasteiger partial charge in [-0.05, 0) is 44.9 Å². The van der Waals surface area contributed by atoms with E-state index in [0.29, 0.717) is 0 Å². The van der Waals surface area contributed by atoms with Gasteiger partial charge in [-0.25, -0.2) is 4.98 Å². The van der Waals surface area contributed by atoms with Gasteiger partial charge >= 0.3 is 0 Å². The zero-order chi connectivity index (χ0) is 14.0. The van der Waals surface area contributed by atoms with Gasteiger partial charge < -0.3 is 15.2 Å². The number of nitrogens with zero attached hydrogens (tertiary/aromatic N) is 3. The van der Waals surface area contributed by atoms with E-state index in [9.17, 15) is 0 Å². The van der Waals surface area contributed by atoms with Gasteiger partial charge in [0.05, 0.1) is 17.4 Å². The molecule has 19 heavy (non-hydrogen) atoms. The molecule has 2 N–H and O–H groups in total. The first kappa shape index (κ1) is 13.9. The van der Waals surface area contributed by atoms with Crippen LogP contribution in [-0.4, -0.2) is 28.7 Å². The molecule has 0 saturated heterocycles. The Morgan fingerprint density at radius 3 is 2.79 bits per heavy atom. The molecule has 0 unspecified atom stereocenters. The molecule has 2 rings (SSSR count). The van der Waals surface area contributed by atoms with Crippen LogP contribution in [0.2, 0.25) is 0 Å². The average molecular weight is 260 g/mol. The van der Waals surface area contributed by atoms with E-state index in [0.717, 1.165) is 24.9 Å². The largest absolute Gasteiger partial charge is 0.375 e. The molecule has 4 nitrogen and oxygen atoms in total. The lowest BCUT2D eigenvalue weighted by Crippen LogP contribution is -2.33. The first-order valence-electron chi connectivity index (χ1n) is 6.78. The Morgan fingerprint density at radius 1 is 1.37 bits per heavy atom. The Bertz CT molecular complexity index is 551. The first-order chi connectivity index (χ1) is 8.87. The molecule has 1 aromatic heterocycles. The number of fused-ring (bicyclic) bond motifs is 1. The minimum atomic E-state index is -0.0776. The van der Waals surface area contributed by atoms with Crippen LogP contribution in [0.4, 0.5) is 5.69 Å². The topological polar surface area (TPSA) is 47.1 Å². The Hall–Kier alpha value is -1.55. The van der Waals surface area contributed by atoms with Crippen molar-refractivity contribution < 1.29 is 0 Å². The van der Waals surface area contributed by atoms with Gasteiger partial charge in [-0.1, -0.05) is 0 Å². The highest BCUT2D eigenvalue weighted by Crippen LogP contribution is 2.20. The molecule has 0 saturated carbocycles. The number of aryl methyl sites for hydroxylation is 1. The van der Waals surface area contributed by atoms with Crippen LogP contribution in [0.3, 0.4) is 0 Å². The minimum absolute atomic E-state index is 0.0776. The van der Waals surface area contributed by atoms with E-state index < -0.39 is 0 Å². The van der Waals surface area contributed by atoms with E-state index in [-0.39, 0.29) is 5.54 Å². The van der Waals surface area contributed by atoms with Crippen molar-refractivity contribution in [3.8, 4) is 0 Å². The number of aromatic nitrogens is 2. The predicted molar refractivity (Wildman–Crippen MR) is 81.5 cm³/mol. The summed E-state index contributed by atoms with van der Waals surface area (Å²) in [6, 6.07) is 6.42. The van der Waals surface area contributed by atoms with E-state index in [4.69, 9.17) is 5.73 Å². The van der Waals surface area contributed by atoms with Crippen LogP contribution in [0.15, 0.2) is 24.5 Å². The normalized spacial score (nSPS) is 12.1. The fraction of sp³-hybridized carbons (Fsp3) is 0.533. The molecule has 0 aliphatic rings. The second-order valence-corrected chi connectivity index (χ2v) is 6.04. The molecule has 2 aromatic rings. The van der Waals surface area contributed by atoms with E-state index in [1.165, 1.54) is 11.2 Å². The highest BCUT2D eigenvalue weighted by atomic mass is 15.1. The number of anilines is 1. The molecule has 0 fully saturated rings. The SMILES string of the molecule is CN(CCCC(C)(C)N)c1ccc2c(c1)ncn2C. The molecule has 0 spiro atoms. The van der Waals surface area contributed by atoms with Crippen LogP contribution >= 0.6 is 0 Å². The zero-order valence-electron chi connectivity index (χ0n) is 12.3.